The second-order valence-electron chi connectivity index (χ2n) is 16.1. The number of carbonyl (C=O) groups is 2. The van der Waals surface area contributed by atoms with Crippen molar-refractivity contribution in [2.45, 2.75) is 76.2 Å². The molecule has 4 aromatic rings. The van der Waals surface area contributed by atoms with Crippen molar-refractivity contribution in [2.24, 2.45) is 22.9 Å². The maximum Gasteiger partial charge on any atom is 0.410 e. The summed E-state index contributed by atoms with van der Waals surface area (Å²) in [5.74, 6) is -0.155. The average Bonchev–Trinajstić information content (AvgIpc) is 3.30. The number of rotatable bonds is 20. The van der Waals surface area contributed by atoms with Gasteiger partial charge in [0.2, 0.25) is 5.79 Å². The largest absolute Gasteiger partial charge is 0.496 e. The average molecular weight is 847 g/mol. The molecule has 6 atom stereocenters. The number of nitrogens with zero attached hydrogens (tertiary/aromatic N) is 2. The third-order valence-electron chi connectivity index (χ3n) is 12.5. The molecule has 2 aliphatic carbocycles. The highest BCUT2D eigenvalue weighted by Gasteiger charge is 2.65. The van der Waals surface area contributed by atoms with Crippen LogP contribution in [0.5, 0.6) is 23.0 Å². The zero-order chi connectivity index (χ0) is 43.6. The lowest BCUT2D eigenvalue weighted by Crippen LogP contribution is -2.70. The van der Waals surface area contributed by atoms with Crippen molar-refractivity contribution < 1.29 is 48.3 Å². The number of hydrogen-bond donors (Lipinski definition) is 2. The summed E-state index contributed by atoms with van der Waals surface area (Å²) in [7, 11) is 2.90. The third-order valence-corrected chi connectivity index (χ3v) is 12.5. The Kier molecular flexibility index (Phi) is 14.6. The fraction of sp³-hybridized carbons (Fsp3) is 0.420. The SMILES string of the molecule is C=CCOC12Oc3ccc(Oc4ccc(OC)c(C=O)c4)cc3C3C(CCCCO)C(CCCCO)C=C(C(=NOCC)CC1N(Cc1cccc4ccccc14)C(=O)OC)C32. The van der Waals surface area contributed by atoms with Crippen molar-refractivity contribution in [1.82, 2.24) is 4.90 Å². The number of methoxy groups -OCH3 is 2. The van der Waals surface area contributed by atoms with E-state index in [1.807, 2.05) is 49.4 Å². The second kappa shape index (κ2) is 20.5. The number of aliphatic hydroxyl groups is 2. The molecule has 2 N–H and O–H groups in total. The van der Waals surface area contributed by atoms with E-state index in [-0.39, 0.29) is 50.5 Å². The van der Waals surface area contributed by atoms with Gasteiger partial charge < -0.3 is 38.7 Å². The molecule has 3 aliphatic rings. The zero-order valence-electron chi connectivity index (χ0n) is 35.9. The molecule has 0 radical (unpaired) electrons. The van der Waals surface area contributed by atoms with E-state index in [1.165, 1.54) is 14.2 Å². The van der Waals surface area contributed by atoms with Crippen LogP contribution in [0.3, 0.4) is 0 Å². The first-order valence-electron chi connectivity index (χ1n) is 21.7. The van der Waals surface area contributed by atoms with Gasteiger partial charge in [-0.25, -0.2) is 4.79 Å². The summed E-state index contributed by atoms with van der Waals surface area (Å²) in [6.45, 7) is 6.73. The molecule has 0 saturated heterocycles. The molecule has 4 aromatic carbocycles. The number of fused-ring (bicyclic) bond motifs is 3. The number of ether oxygens (including phenoxy) is 5. The minimum atomic E-state index is -1.47. The maximum atomic E-state index is 14.4. The number of allylic oxidation sites excluding steroid dienone is 1. The Bertz CT molecular complexity index is 2270. The number of amides is 1. The highest BCUT2D eigenvalue weighted by molar-refractivity contribution is 6.03. The lowest BCUT2D eigenvalue weighted by Gasteiger charge is -2.59. The smallest absolute Gasteiger partial charge is 0.410 e. The van der Waals surface area contributed by atoms with Crippen molar-refractivity contribution >= 4 is 28.9 Å². The molecule has 62 heavy (non-hydrogen) atoms. The van der Waals surface area contributed by atoms with Gasteiger partial charge in [0.25, 0.3) is 0 Å². The molecule has 328 valence electrons. The molecule has 0 bridgehead atoms. The summed E-state index contributed by atoms with van der Waals surface area (Å²) in [6.07, 6.45) is 8.89. The van der Waals surface area contributed by atoms with E-state index >= 15 is 0 Å². The summed E-state index contributed by atoms with van der Waals surface area (Å²) < 4.78 is 31.9. The predicted octanol–water partition coefficient (Wildman–Crippen LogP) is 9.38. The van der Waals surface area contributed by atoms with Gasteiger partial charge in [-0.05, 0) is 103 Å². The van der Waals surface area contributed by atoms with Crippen LogP contribution in [0.25, 0.3) is 10.8 Å². The molecule has 1 amide bonds. The van der Waals surface area contributed by atoms with Crippen molar-refractivity contribution in [2.75, 3.05) is 40.6 Å². The van der Waals surface area contributed by atoms with Crippen molar-refractivity contribution in [1.29, 1.82) is 0 Å². The van der Waals surface area contributed by atoms with Crippen LogP contribution in [-0.2, 0) is 20.9 Å². The quantitative estimate of drug-likeness (QED) is 0.0382. The first-order chi connectivity index (χ1) is 30.3. The van der Waals surface area contributed by atoms with Crippen molar-refractivity contribution in [3.05, 3.63) is 120 Å². The van der Waals surface area contributed by atoms with E-state index in [4.69, 9.17) is 33.7 Å². The van der Waals surface area contributed by atoms with Crippen LogP contribution in [0.1, 0.15) is 79.3 Å². The van der Waals surface area contributed by atoms with Crippen LogP contribution in [0.2, 0.25) is 0 Å². The van der Waals surface area contributed by atoms with E-state index in [9.17, 15) is 19.8 Å². The molecule has 6 unspecified atom stereocenters. The molecular weight excluding hydrogens is 789 g/mol. The van der Waals surface area contributed by atoms with Gasteiger partial charge in [-0.3, -0.25) is 9.69 Å². The summed E-state index contributed by atoms with van der Waals surface area (Å²) in [5, 5.41) is 26.7. The number of aldehydes is 1. The Labute approximate surface area is 363 Å². The Morgan fingerprint density at radius 1 is 0.968 bits per heavy atom. The van der Waals surface area contributed by atoms with Gasteiger partial charge in [-0.2, -0.15) is 0 Å². The third kappa shape index (κ3) is 8.95. The molecule has 1 saturated carbocycles. The number of hydrogen-bond acceptors (Lipinski definition) is 11. The van der Waals surface area contributed by atoms with E-state index in [0.717, 1.165) is 59.4 Å². The number of oxime groups is 1. The first kappa shape index (κ1) is 44.4. The number of aliphatic hydroxyl groups excluding tert-OH is 2. The Morgan fingerprint density at radius 2 is 1.73 bits per heavy atom. The van der Waals surface area contributed by atoms with E-state index in [2.05, 4.69) is 30.9 Å². The predicted molar refractivity (Wildman–Crippen MR) is 237 cm³/mol. The van der Waals surface area contributed by atoms with Crippen LogP contribution in [0.15, 0.2) is 108 Å². The van der Waals surface area contributed by atoms with Gasteiger partial charge in [0.1, 0.15) is 35.6 Å². The molecule has 12 heteroatoms. The van der Waals surface area contributed by atoms with Gasteiger partial charge in [-0.1, -0.05) is 72.6 Å². The van der Waals surface area contributed by atoms with Gasteiger partial charge in [0, 0.05) is 31.1 Å². The van der Waals surface area contributed by atoms with Crippen molar-refractivity contribution in [3.63, 3.8) is 0 Å². The fourth-order valence-corrected chi connectivity index (χ4v) is 9.89. The van der Waals surface area contributed by atoms with Crippen LogP contribution in [0.4, 0.5) is 4.79 Å². The minimum absolute atomic E-state index is 0.0120. The molecule has 1 fully saturated rings. The topological polar surface area (TPSA) is 146 Å². The van der Waals surface area contributed by atoms with Crippen LogP contribution >= 0.6 is 0 Å². The normalized spacial score (nSPS) is 23.0. The van der Waals surface area contributed by atoms with Crippen LogP contribution in [0, 0.1) is 17.8 Å². The van der Waals surface area contributed by atoms with Gasteiger partial charge in [0.15, 0.2) is 6.29 Å². The zero-order valence-corrected chi connectivity index (χ0v) is 35.9. The summed E-state index contributed by atoms with van der Waals surface area (Å²) in [4.78, 5) is 33.9. The molecule has 0 spiro atoms. The summed E-state index contributed by atoms with van der Waals surface area (Å²) in [6, 6.07) is 24.2. The first-order valence-corrected chi connectivity index (χ1v) is 21.7. The lowest BCUT2D eigenvalue weighted by molar-refractivity contribution is -0.256. The van der Waals surface area contributed by atoms with Crippen LogP contribution < -0.4 is 14.2 Å². The Morgan fingerprint density at radius 3 is 2.47 bits per heavy atom. The highest BCUT2D eigenvalue weighted by atomic mass is 16.7. The van der Waals surface area contributed by atoms with Gasteiger partial charge in [0.05, 0.1) is 44.6 Å². The molecule has 1 aliphatic heterocycles. The molecule has 7 rings (SSSR count). The Balaban J connectivity index is 1.45. The van der Waals surface area contributed by atoms with Crippen molar-refractivity contribution in [3.8, 4) is 23.0 Å². The van der Waals surface area contributed by atoms with E-state index in [1.54, 1.807) is 29.2 Å². The lowest BCUT2D eigenvalue weighted by atomic mass is 9.55. The summed E-state index contributed by atoms with van der Waals surface area (Å²) >= 11 is 0. The molecule has 12 nitrogen and oxygen atoms in total. The molecule has 0 aromatic heterocycles. The van der Waals surface area contributed by atoms with Crippen LogP contribution in [-0.4, -0.2) is 85.7 Å². The van der Waals surface area contributed by atoms with E-state index in [0.29, 0.717) is 53.7 Å². The van der Waals surface area contributed by atoms with Gasteiger partial charge in [-0.15, -0.1) is 6.58 Å². The number of benzene rings is 4. The fourth-order valence-electron chi connectivity index (χ4n) is 9.89. The highest BCUT2D eigenvalue weighted by Crippen LogP contribution is 2.62. The Hall–Kier alpha value is -5.69. The molecule has 1 heterocycles. The van der Waals surface area contributed by atoms with E-state index < -0.39 is 23.8 Å². The monoisotopic (exact) mass is 846 g/mol. The van der Waals surface area contributed by atoms with Gasteiger partial charge >= 0.3 is 6.09 Å². The maximum absolute atomic E-state index is 14.4. The molecular formula is C50H58N2O10. The number of carbonyl (C=O) groups excluding carboxylic acids is 2. The second-order valence-corrected chi connectivity index (χ2v) is 16.1. The summed E-state index contributed by atoms with van der Waals surface area (Å²) in [5.41, 5.74) is 3.80. The number of unbranched alkanes of at least 4 members (excludes halogenated alkanes) is 2. The minimum Gasteiger partial charge on any atom is -0.496 e. The standard InChI is InChI=1S/C50H58N2O10/c1-5-26-59-50-46(52(49(56)58-4)31-35-17-13-16-33-14-7-8-18-39(33)35)30-43(51-60-6-2)41-28-34(15-9-11-24-53)40(19-10-12-25-54)47(48(41)50)42-29-38(21-23-45(42)62-50)61-37-20-22-44(57-3)36(27-37)32-55/h5,7-8,13-14,16-18,20-23,27-29,32,34,40,46-48,53-54H,1,6,9-12,15,19,24-26,30-31H2,2-4H3.